The maximum absolute atomic E-state index is 12.7. The normalized spacial score (nSPS) is 14.8. The van der Waals surface area contributed by atoms with Crippen molar-refractivity contribution in [1.29, 1.82) is 0 Å². The summed E-state index contributed by atoms with van der Waals surface area (Å²) in [6.45, 7) is 9.15. The molecule has 0 aliphatic carbocycles. The van der Waals surface area contributed by atoms with E-state index in [9.17, 15) is 9.59 Å². The van der Waals surface area contributed by atoms with Crippen molar-refractivity contribution in [2.45, 2.75) is 27.2 Å². The van der Waals surface area contributed by atoms with Crippen molar-refractivity contribution in [3.8, 4) is 0 Å². The molecule has 1 aliphatic rings. The molecule has 1 saturated heterocycles. The average Bonchev–Trinajstić information content (AvgIpc) is 2.71. The van der Waals surface area contributed by atoms with E-state index in [1.54, 1.807) is 0 Å². The molecule has 0 aromatic heterocycles. The highest BCUT2D eigenvalue weighted by atomic mass is 16.2. The van der Waals surface area contributed by atoms with Gasteiger partial charge in [0.2, 0.25) is 5.91 Å². The predicted molar refractivity (Wildman–Crippen MR) is 113 cm³/mol. The van der Waals surface area contributed by atoms with E-state index in [4.69, 9.17) is 0 Å². The van der Waals surface area contributed by atoms with Crippen LogP contribution >= 0.6 is 0 Å². The van der Waals surface area contributed by atoms with Gasteiger partial charge in [-0.05, 0) is 49.1 Å². The zero-order valence-electron chi connectivity index (χ0n) is 17.0. The van der Waals surface area contributed by atoms with Crippen molar-refractivity contribution >= 4 is 17.5 Å². The second-order valence-electron chi connectivity index (χ2n) is 7.43. The number of piperazine rings is 1. The number of hydrogen-bond acceptors (Lipinski definition) is 3. The van der Waals surface area contributed by atoms with Crippen molar-refractivity contribution in [3.05, 3.63) is 64.7 Å². The van der Waals surface area contributed by atoms with Crippen LogP contribution in [0.15, 0.2) is 42.5 Å². The first-order valence-electron chi connectivity index (χ1n) is 9.94. The van der Waals surface area contributed by atoms with E-state index in [2.05, 4.69) is 17.1 Å². The second-order valence-corrected chi connectivity index (χ2v) is 7.43. The Morgan fingerprint density at radius 1 is 0.929 bits per heavy atom. The van der Waals surface area contributed by atoms with Crippen LogP contribution < -0.4 is 5.32 Å². The Balaban J connectivity index is 1.50. The first-order valence-corrected chi connectivity index (χ1v) is 9.94. The van der Waals surface area contributed by atoms with Crippen LogP contribution in [0.2, 0.25) is 0 Å². The second kappa shape index (κ2) is 9.02. The van der Waals surface area contributed by atoms with Gasteiger partial charge in [-0.3, -0.25) is 14.5 Å². The van der Waals surface area contributed by atoms with Crippen molar-refractivity contribution in [1.82, 2.24) is 9.80 Å². The highest BCUT2D eigenvalue weighted by molar-refractivity contribution is 5.95. The molecular formula is C23H29N3O2. The molecule has 0 radical (unpaired) electrons. The SMILES string of the molecule is CCc1ccc(C(=O)N2CCN(CC(=O)Nc3c(C)cccc3C)CC2)cc1. The zero-order valence-corrected chi connectivity index (χ0v) is 17.0. The Kier molecular flexibility index (Phi) is 6.47. The van der Waals surface area contributed by atoms with Crippen LogP contribution in [0.4, 0.5) is 5.69 Å². The highest BCUT2D eigenvalue weighted by Crippen LogP contribution is 2.19. The maximum atomic E-state index is 12.7. The number of amides is 2. The smallest absolute Gasteiger partial charge is 0.253 e. The first kappa shape index (κ1) is 20.1. The Bertz CT molecular complexity index is 817. The third-order valence-corrected chi connectivity index (χ3v) is 5.38. The van der Waals surface area contributed by atoms with Crippen molar-refractivity contribution in [2.24, 2.45) is 0 Å². The zero-order chi connectivity index (χ0) is 20.1. The van der Waals surface area contributed by atoms with Gasteiger partial charge in [0.05, 0.1) is 6.54 Å². The molecule has 5 nitrogen and oxygen atoms in total. The van der Waals surface area contributed by atoms with Crippen LogP contribution in [-0.4, -0.2) is 54.3 Å². The molecule has 0 bridgehead atoms. The molecule has 0 unspecified atom stereocenters. The third-order valence-electron chi connectivity index (χ3n) is 5.38. The summed E-state index contributed by atoms with van der Waals surface area (Å²) in [6, 6.07) is 13.8. The molecule has 2 aromatic carbocycles. The van der Waals surface area contributed by atoms with Crippen LogP contribution in [0.5, 0.6) is 0 Å². The molecular weight excluding hydrogens is 350 g/mol. The molecule has 2 aromatic rings. The molecule has 1 N–H and O–H groups in total. The number of nitrogens with one attached hydrogen (secondary N) is 1. The summed E-state index contributed by atoms with van der Waals surface area (Å²) in [6.07, 6.45) is 0.969. The van der Waals surface area contributed by atoms with E-state index < -0.39 is 0 Å². The van der Waals surface area contributed by atoms with Crippen LogP contribution in [0.25, 0.3) is 0 Å². The number of benzene rings is 2. The van der Waals surface area contributed by atoms with Crippen LogP contribution in [-0.2, 0) is 11.2 Å². The van der Waals surface area contributed by atoms with Gasteiger partial charge < -0.3 is 10.2 Å². The number of carbonyl (C=O) groups excluding carboxylic acids is 2. The summed E-state index contributed by atoms with van der Waals surface area (Å²) in [7, 11) is 0. The number of nitrogens with zero attached hydrogens (tertiary/aromatic N) is 2. The number of rotatable bonds is 5. The van der Waals surface area contributed by atoms with Gasteiger partial charge in [-0.1, -0.05) is 37.3 Å². The lowest BCUT2D eigenvalue weighted by molar-refractivity contribution is -0.117. The molecule has 1 heterocycles. The van der Waals surface area contributed by atoms with E-state index >= 15 is 0 Å². The highest BCUT2D eigenvalue weighted by Gasteiger charge is 2.23. The molecule has 28 heavy (non-hydrogen) atoms. The van der Waals surface area contributed by atoms with E-state index in [0.29, 0.717) is 32.7 Å². The van der Waals surface area contributed by atoms with Gasteiger partial charge in [0.1, 0.15) is 0 Å². The molecule has 1 aliphatic heterocycles. The van der Waals surface area contributed by atoms with Crippen LogP contribution in [0.1, 0.15) is 34.0 Å². The number of para-hydroxylation sites is 1. The van der Waals surface area contributed by atoms with Gasteiger partial charge >= 0.3 is 0 Å². The third kappa shape index (κ3) is 4.78. The van der Waals surface area contributed by atoms with Crippen LogP contribution in [0, 0.1) is 13.8 Å². The fourth-order valence-electron chi connectivity index (χ4n) is 3.57. The summed E-state index contributed by atoms with van der Waals surface area (Å²) in [5.74, 6) is 0.0645. The van der Waals surface area contributed by atoms with Gasteiger partial charge in [-0.15, -0.1) is 0 Å². The van der Waals surface area contributed by atoms with E-state index in [-0.39, 0.29) is 11.8 Å². The van der Waals surface area contributed by atoms with Crippen molar-refractivity contribution in [2.75, 3.05) is 38.0 Å². The average molecular weight is 380 g/mol. The molecule has 5 heteroatoms. The summed E-state index contributed by atoms with van der Waals surface area (Å²) < 4.78 is 0. The maximum Gasteiger partial charge on any atom is 0.253 e. The Labute approximate surface area is 167 Å². The lowest BCUT2D eigenvalue weighted by Gasteiger charge is -2.34. The standard InChI is InChI=1S/C23H29N3O2/c1-4-19-8-10-20(11-9-19)23(28)26-14-12-25(13-15-26)16-21(27)24-22-17(2)6-5-7-18(22)3/h5-11H,4,12-16H2,1-3H3,(H,24,27). The van der Waals surface area contributed by atoms with E-state index in [1.165, 1.54) is 5.56 Å². The fraction of sp³-hybridized carbons (Fsp3) is 0.391. The Morgan fingerprint density at radius 2 is 1.54 bits per heavy atom. The van der Waals surface area contributed by atoms with Gasteiger partial charge in [0.15, 0.2) is 0 Å². The minimum atomic E-state index is -0.00710. The minimum absolute atomic E-state index is 0.00710. The number of carbonyl (C=O) groups is 2. The topological polar surface area (TPSA) is 52.7 Å². The molecule has 148 valence electrons. The Morgan fingerprint density at radius 3 is 2.11 bits per heavy atom. The summed E-state index contributed by atoms with van der Waals surface area (Å²) in [5, 5.41) is 3.04. The van der Waals surface area contributed by atoms with Gasteiger partial charge in [0.25, 0.3) is 5.91 Å². The van der Waals surface area contributed by atoms with Crippen molar-refractivity contribution in [3.63, 3.8) is 0 Å². The molecule has 2 amide bonds. The number of aryl methyl sites for hydroxylation is 3. The molecule has 0 atom stereocenters. The predicted octanol–water partition coefficient (Wildman–Crippen LogP) is 3.26. The molecule has 1 fully saturated rings. The lowest BCUT2D eigenvalue weighted by Crippen LogP contribution is -2.50. The molecule has 0 spiro atoms. The quantitative estimate of drug-likeness (QED) is 0.868. The largest absolute Gasteiger partial charge is 0.336 e. The summed E-state index contributed by atoms with van der Waals surface area (Å²) in [5.41, 5.74) is 5.00. The molecule has 0 saturated carbocycles. The minimum Gasteiger partial charge on any atom is -0.336 e. The Hall–Kier alpha value is -2.66. The first-order chi connectivity index (χ1) is 13.5. The van der Waals surface area contributed by atoms with Gasteiger partial charge in [-0.2, -0.15) is 0 Å². The molecule has 3 rings (SSSR count). The summed E-state index contributed by atoms with van der Waals surface area (Å²) in [4.78, 5) is 29.1. The van der Waals surface area contributed by atoms with E-state index in [0.717, 1.165) is 28.8 Å². The van der Waals surface area contributed by atoms with E-state index in [1.807, 2.05) is 61.2 Å². The fourth-order valence-corrected chi connectivity index (χ4v) is 3.57. The van der Waals surface area contributed by atoms with Crippen LogP contribution in [0.3, 0.4) is 0 Å². The monoisotopic (exact) mass is 379 g/mol. The number of hydrogen-bond donors (Lipinski definition) is 1. The van der Waals surface area contributed by atoms with Gasteiger partial charge in [-0.25, -0.2) is 0 Å². The summed E-state index contributed by atoms with van der Waals surface area (Å²) >= 11 is 0. The lowest BCUT2D eigenvalue weighted by atomic mass is 10.1. The number of anilines is 1. The van der Waals surface area contributed by atoms with Crippen molar-refractivity contribution < 1.29 is 9.59 Å². The van der Waals surface area contributed by atoms with Gasteiger partial charge in [0, 0.05) is 37.4 Å².